The van der Waals surface area contributed by atoms with Crippen LogP contribution in [0.15, 0.2) is 0 Å². The summed E-state index contributed by atoms with van der Waals surface area (Å²) in [5.41, 5.74) is -0.383. The molecule has 0 heterocycles. The largest absolute Gasteiger partial charge is 0.390 e. The van der Waals surface area contributed by atoms with Crippen molar-refractivity contribution in [3.63, 3.8) is 0 Å². The van der Waals surface area contributed by atoms with E-state index in [1.807, 2.05) is 0 Å². The molecule has 0 saturated heterocycles. The predicted molar refractivity (Wildman–Crippen MR) is 55.7 cm³/mol. The normalized spacial score (nSPS) is 35.3. The molecule has 0 bridgehead atoms. The average Bonchev–Trinajstić information content (AvgIpc) is 2.09. The van der Waals surface area contributed by atoms with Crippen LogP contribution in [-0.2, 0) is 0 Å². The van der Waals surface area contributed by atoms with Crippen LogP contribution in [0, 0.1) is 5.92 Å². The zero-order valence-corrected chi connectivity index (χ0v) is 9.14. The molecular formula is C11H23NO. The highest BCUT2D eigenvalue weighted by molar-refractivity contribution is 4.89. The lowest BCUT2D eigenvalue weighted by Gasteiger charge is -2.39. The maximum Gasteiger partial charge on any atom is 0.0671 e. The van der Waals surface area contributed by atoms with Crippen LogP contribution in [0.2, 0.25) is 0 Å². The third-order valence-corrected chi connectivity index (χ3v) is 3.42. The van der Waals surface area contributed by atoms with E-state index in [9.17, 15) is 5.11 Å². The minimum Gasteiger partial charge on any atom is -0.390 e. The van der Waals surface area contributed by atoms with Crippen LogP contribution in [-0.4, -0.2) is 23.3 Å². The Hall–Kier alpha value is -0.0800. The molecule has 1 aliphatic carbocycles. The van der Waals surface area contributed by atoms with Crippen LogP contribution in [0.3, 0.4) is 0 Å². The molecule has 2 nitrogen and oxygen atoms in total. The van der Waals surface area contributed by atoms with E-state index < -0.39 is 0 Å². The summed E-state index contributed by atoms with van der Waals surface area (Å²) in [6.45, 7) is 7.43. The van der Waals surface area contributed by atoms with Crippen molar-refractivity contribution in [1.82, 2.24) is 5.32 Å². The van der Waals surface area contributed by atoms with Gasteiger partial charge in [0.1, 0.15) is 0 Å². The minimum atomic E-state index is -0.383. The van der Waals surface area contributed by atoms with Crippen molar-refractivity contribution in [3.05, 3.63) is 0 Å². The van der Waals surface area contributed by atoms with Crippen LogP contribution in [0.4, 0.5) is 0 Å². The van der Waals surface area contributed by atoms with Crippen molar-refractivity contribution in [2.24, 2.45) is 5.92 Å². The standard InChI is InChI=1S/C11H23NO/c1-4-12-10-5-7-11(13,8-6-10)9(2)3/h9-10,12-13H,4-8H2,1-3H3. The van der Waals surface area contributed by atoms with E-state index in [0.717, 1.165) is 32.2 Å². The number of hydrogen-bond acceptors (Lipinski definition) is 2. The van der Waals surface area contributed by atoms with Gasteiger partial charge < -0.3 is 10.4 Å². The number of nitrogens with one attached hydrogen (secondary N) is 1. The third-order valence-electron chi connectivity index (χ3n) is 3.42. The van der Waals surface area contributed by atoms with Crippen LogP contribution < -0.4 is 5.32 Å². The van der Waals surface area contributed by atoms with Gasteiger partial charge in [0.2, 0.25) is 0 Å². The van der Waals surface area contributed by atoms with Crippen molar-refractivity contribution in [2.75, 3.05) is 6.54 Å². The van der Waals surface area contributed by atoms with Gasteiger partial charge in [-0.1, -0.05) is 20.8 Å². The zero-order chi connectivity index (χ0) is 9.90. The highest BCUT2D eigenvalue weighted by atomic mass is 16.3. The Morgan fingerprint density at radius 2 is 1.92 bits per heavy atom. The summed E-state index contributed by atoms with van der Waals surface area (Å²) in [7, 11) is 0. The van der Waals surface area contributed by atoms with Crippen LogP contribution in [0.25, 0.3) is 0 Å². The number of rotatable bonds is 3. The van der Waals surface area contributed by atoms with E-state index >= 15 is 0 Å². The highest BCUT2D eigenvalue weighted by Gasteiger charge is 2.35. The van der Waals surface area contributed by atoms with E-state index in [-0.39, 0.29) is 5.60 Å². The van der Waals surface area contributed by atoms with Gasteiger partial charge in [0.15, 0.2) is 0 Å². The van der Waals surface area contributed by atoms with Crippen molar-refractivity contribution in [2.45, 2.75) is 58.1 Å². The van der Waals surface area contributed by atoms with Crippen LogP contribution in [0.5, 0.6) is 0 Å². The molecule has 0 aromatic heterocycles. The van der Waals surface area contributed by atoms with E-state index in [1.165, 1.54) is 0 Å². The molecule has 0 aromatic rings. The predicted octanol–water partition coefficient (Wildman–Crippen LogP) is 1.93. The molecule has 0 radical (unpaired) electrons. The molecule has 2 N–H and O–H groups in total. The molecule has 1 fully saturated rings. The third kappa shape index (κ3) is 2.68. The van der Waals surface area contributed by atoms with Crippen molar-refractivity contribution >= 4 is 0 Å². The molecular weight excluding hydrogens is 162 g/mol. The fourth-order valence-corrected chi connectivity index (χ4v) is 2.19. The summed E-state index contributed by atoms with van der Waals surface area (Å²) in [5.74, 6) is 0.398. The number of aliphatic hydroxyl groups is 1. The molecule has 0 aromatic carbocycles. The fraction of sp³-hybridized carbons (Fsp3) is 1.00. The molecule has 1 saturated carbocycles. The maximum atomic E-state index is 10.2. The van der Waals surface area contributed by atoms with Gasteiger partial charge in [-0.15, -0.1) is 0 Å². The maximum absolute atomic E-state index is 10.2. The van der Waals surface area contributed by atoms with E-state index in [2.05, 4.69) is 26.1 Å². The Kier molecular flexibility index (Phi) is 3.74. The second kappa shape index (κ2) is 4.43. The van der Waals surface area contributed by atoms with Crippen molar-refractivity contribution in [1.29, 1.82) is 0 Å². The molecule has 2 heteroatoms. The number of hydrogen-bond donors (Lipinski definition) is 2. The topological polar surface area (TPSA) is 32.3 Å². The van der Waals surface area contributed by atoms with Gasteiger partial charge in [-0.3, -0.25) is 0 Å². The van der Waals surface area contributed by atoms with Gasteiger partial charge in [-0.05, 0) is 38.1 Å². The quantitative estimate of drug-likeness (QED) is 0.704. The monoisotopic (exact) mass is 185 g/mol. The second-order valence-electron chi connectivity index (χ2n) is 4.59. The summed E-state index contributed by atoms with van der Waals surface area (Å²) in [6, 6.07) is 0.643. The lowest BCUT2D eigenvalue weighted by atomic mass is 9.75. The summed E-state index contributed by atoms with van der Waals surface area (Å²) < 4.78 is 0. The Balaban J connectivity index is 2.37. The molecule has 78 valence electrons. The second-order valence-corrected chi connectivity index (χ2v) is 4.59. The Labute approximate surface area is 81.7 Å². The van der Waals surface area contributed by atoms with Gasteiger partial charge in [0, 0.05) is 6.04 Å². The first kappa shape index (κ1) is 11.0. The van der Waals surface area contributed by atoms with Crippen molar-refractivity contribution < 1.29 is 5.11 Å². The van der Waals surface area contributed by atoms with Crippen LogP contribution >= 0.6 is 0 Å². The Bertz CT molecular complexity index is 148. The summed E-state index contributed by atoms with van der Waals surface area (Å²) in [5, 5.41) is 13.7. The van der Waals surface area contributed by atoms with E-state index in [1.54, 1.807) is 0 Å². The Morgan fingerprint density at radius 1 is 1.38 bits per heavy atom. The molecule has 0 unspecified atom stereocenters. The molecule has 0 atom stereocenters. The first-order chi connectivity index (χ1) is 6.08. The molecule has 1 aliphatic rings. The first-order valence-electron chi connectivity index (χ1n) is 5.54. The average molecular weight is 185 g/mol. The zero-order valence-electron chi connectivity index (χ0n) is 9.14. The van der Waals surface area contributed by atoms with Gasteiger partial charge in [-0.2, -0.15) is 0 Å². The smallest absolute Gasteiger partial charge is 0.0671 e. The van der Waals surface area contributed by atoms with Gasteiger partial charge in [0.05, 0.1) is 5.60 Å². The van der Waals surface area contributed by atoms with Crippen LogP contribution in [0.1, 0.15) is 46.5 Å². The highest BCUT2D eigenvalue weighted by Crippen LogP contribution is 2.34. The van der Waals surface area contributed by atoms with E-state index in [0.29, 0.717) is 12.0 Å². The fourth-order valence-electron chi connectivity index (χ4n) is 2.19. The SMILES string of the molecule is CCNC1CCC(O)(C(C)C)CC1. The summed E-state index contributed by atoms with van der Waals surface area (Å²) >= 11 is 0. The molecule has 0 aliphatic heterocycles. The Morgan fingerprint density at radius 3 is 2.31 bits per heavy atom. The molecule has 0 spiro atoms. The first-order valence-corrected chi connectivity index (χ1v) is 5.54. The lowest BCUT2D eigenvalue weighted by molar-refractivity contribution is -0.0427. The molecule has 13 heavy (non-hydrogen) atoms. The van der Waals surface area contributed by atoms with Crippen molar-refractivity contribution in [3.8, 4) is 0 Å². The van der Waals surface area contributed by atoms with E-state index in [4.69, 9.17) is 0 Å². The minimum absolute atomic E-state index is 0.383. The lowest BCUT2D eigenvalue weighted by Crippen LogP contribution is -2.44. The summed E-state index contributed by atoms with van der Waals surface area (Å²) in [6.07, 6.45) is 4.18. The van der Waals surface area contributed by atoms with Gasteiger partial charge in [0.25, 0.3) is 0 Å². The van der Waals surface area contributed by atoms with Gasteiger partial charge in [-0.25, -0.2) is 0 Å². The van der Waals surface area contributed by atoms with Gasteiger partial charge >= 0.3 is 0 Å². The summed E-state index contributed by atoms with van der Waals surface area (Å²) in [4.78, 5) is 0. The molecule has 1 rings (SSSR count). The molecule has 0 amide bonds.